The van der Waals surface area contributed by atoms with Gasteiger partial charge in [0.25, 0.3) is 0 Å². The molecule has 0 aliphatic carbocycles. The van der Waals surface area contributed by atoms with E-state index >= 15 is 0 Å². The van der Waals surface area contributed by atoms with Gasteiger partial charge < -0.3 is 10.1 Å². The summed E-state index contributed by atoms with van der Waals surface area (Å²) in [5, 5.41) is 3.26. The quantitative estimate of drug-likeness (QED) is 0.845. The first-order valence-corrected chi connectivity index (χ1v) is 5.74. The standard InChI is InChI=1S/C9H12IN3O/c10-7-4-11-9(12-5-7)13-8-2-1-3-14-6-8/h4-5,8H,1-3,6H2,(H,11,12,13)/t8-/m0/s1. The second-order valence-corrected chi connectivity index (χ2v) is 4.53. The van der Waals surface area contributed by atoms with E-state index in [4.69, 9.17) is 4.74 Å². The molecule has 0 amide bonds. The summed E-state index contributed by atoms with van der Waals surface area (Å²) in [6.07, 6.45) is 5.86. The maximum atomic E-state index is 5.36. The lowest BCUT2D eigenvalue weighted by Crippen LogP contribution is -2.30. The number of hydrogen-bond acceptors (Lipinski definition) is 4. The maximum absolute atomic E-state index is 5.36. The minimum Gasteiger partial charge on any atom is -0.379 e. The Morgan fingerprint density at radius 1 is 1.43 bits per heavy atom. The highest BCUT2D eigenvalue weighted by Crippen LogP contribution is 2.11. The van der Waals surface area contributed by atoms with E-state index in [9.17, 15) is 0 Å². The van der Waals surface area contributed by atoms with Crippen molar-refractivity contribution in [2.24, 2.45) is 0 Å². The molecule has 1 aromatic heterocycles. The zero-order valence-electron chi connectivity index (χ0n) is 7.74. The highest BCUT2D eigenvalue weighted by atomic mass is 127. The molecule has 1 aliphatic rings. The highest BCUT2D eigenvalue weighted by molar-refractivity contribution is 14.1. The number of anilines is 1. The molecule has 0 unspecified atom stereocenters. The number of nitrogens with zero attached hydrogens (tertiary/aromatic N) is 2. The number of rotatable bonds is 2. The van der Waals surface area contributed by atoms with Crippen LogP contribution in [-0.4, -0.2) is 29.2 Å². The van der Waals surface area contributed by atoms with Gasteiger partial charge in [0.05, 0.1) is 12.6 Å². The van der Waals surface area contributed by atoms with E-state index in [2.05, 4.69) is 37.9 Å². The second kappa shape index (κ2) is 4.88. The fourth-order valence-electron chi connectivity index (χ4n) is 1.42. The van der Waals surface area contributed by atoms with Gasteiger partial charge in [0.2, 0.25) is 5.95 Å². The Bertz CT molecular complexity index is 285. The number of hydrogen-bond donors (Lipinski definition) is 1. The molecule has 1 fully saturated rings. The first kappa shape index (κ1) is 10.1. The molecule has 1 saturated heterocycles. The van der Waals surface area contributed by atoms with Crippen molar-refractivity contribution < 1.29 is 4.74 Å². The first-order valence-electron chi connectivity index (χ1n) is 4.66. The fraction of sp³-hybridized carbons (Fsp3) is 0.556. The zero-order valence-corrected chi connectivity index (χ0v) is 9.90. The van der Waals surface area contributed by atoms with Crippen molar-refractivity contribution in [3.8, 4) is 0 Å². The molecular weight excluding hydrogens is 293 g/mol. The van der Waals surface area contributed by atoms with Crippen LogP contribution in [-0.2, 0) is 4.74 Å². The van der Waals surface area contributed by atoms with Crippen LogP contribution < -0.4 is 5.32 Å². The van der Waals surface area contributed by atoms with Crippen molar-refractivity contribution in [2.75, 3.05) is 18.5 Å². The molecule has 0 aromatic carbocycles. The van der Waals surface area contributed by atoms with E-state index < -0.39 is 0 Å². The Morgan fingerprint density at radius 2 is 2.21 bits per heavy atom. The summed E-state index contributed by atoms with van der Waals surface area (Å²) in [7, 11) is 0. The van der Waals surface area contributed by atoms with Gasteiger partial charge in [-0.15, -0.1) is 0 Å². The lowest BCUT2D eigenvalue weighted by atomic mass is 10.1. The Hall–Kier alpha value is -0.430. The zero-order chi connectivity index (χ0) is 9.80. The minimum absolute atomic E-state index is 0.365. The number of halogens is 1. The van der Waals surface area contributed by atoms with Gasteiger partial charge in [0.1, 0.15) is 0 Å². The summed E-state index contributed by atoms with van der Waals surface area (Å²) >= 11 is 2.19. The largest absolute Gasteiger partial charge is 0.379 e. The SMILES string of the molecule is Ic1cnc(N[C@H]2CCCOC2)nc1. The summed E-state index contributed by atoms with van der Waals surface area (Å²) in [6, 6.07) is 0.365. The molecular formula is C9H12IN3O. The van der Waals surface area contributed by atoms with E-state index in [0.29, 0.717) is 12.0 Å². The highest BCUT2D eigenvalue weighted by Gasteiger charge is 2.13. The lowest BCUT2D eigenvalue weighted by molar-refractivity contribution is 0.0874. The Kier molecular flexibility index (Phi) is 3.52. The van der Waals surface area contributed by atoms with Crippen LogP contribution in [0.2, 0.25) is 0 Å². The van der Waals surface area contributed by atoms with Crippen molar-refractivity contribution in [1.29, 1.82) is 0 Å². The summed E-state index contributed by atoms with van der Waals surface area (Å²) in [6.45, 7) is 1.64. The van der Waals surface area contributed by atoms with Crippen molar-refractivity contribution in [1.82, 2.24) is 9.97 Å². The molecule has 1 aromatic rings. The number of nitrogens with one attached hydrogen (secondary N) is 1. The average Bonchev–Trinajstić information content (AvgIpc) is 2.23. The Balaban J connectivity index is 1.92. The van der Waals surface area contributed by atoms with Crippen molar-refractivity contribution in [2.45, 2.75) is 18.9 Å². The molecule has 0 bridgehead atoms. The molecule has 4 nitrogen and oxygen atoms in total. The van der Waals surface area contributed by atoms with Crippen LogP contribution in [0.25, 0.3) is 0 Å². The summed E-state index contributed by atoms with van der Waals surface area (Å²) in [5.74, 6) is 0.695. The fourth-order valence-corrected chi connectivity index (χ4v) is 1.70. The average molecular weight is 305 g/mol. The van der Waals surface area contributed by atoms with Crippen LogP contribution >= 0.6 is 22.6 Å². The van der Waals surface area contributed by atoms with Crippen molar-refractivity contribution in [3.05, 3.63) is 16.0 Å². The normalized spacial score (nSPS) is 21.9. The molecule has 0 radical (unpaired) electrons. The predicted molar refractivity (Wildman–Crippen MR) is 62.2 cm³/mol. The van der Waals surface area contributed by atoms with Gasteiger partial charge in [-0.2, -0.15) is 0 Å². The monoisotopic (exact) mass is 305 g/mol. The van der Waals surface area contributed by atoms with Crippen LogP contribution in [0.4, 0.5) is 5.95 Å². The van der Waals surface area contributed by atoms with Gasteiger partial charge in [0, 0.05) is 22.6 Å². The Morgan fingerprint density at radius 3 is 2.86 bits per heavy atom. The third kappa shape index (κ3) is 2.78. The molecule has 76 valence electrons. The first-order chi connectivity index (χ1) is 6.84. The molecule has 0 spiro atoms. The molecule has 1 atom stereocenters. The number of aromatic nitrogens is 2. The summed E-state index contributed by atoms with van der Waals surface area (Å²) in [5.41, 5.74) is 0. The van der Waals surface area contributed by atoms with Gasteiger partial charge >= 0.3 is 0 Å². The van der Waals surface area contributed by atoms with Gasteiger partial charge in [0.15, 0.2) is 0 Å². The van der Waals surface area contributed by atoms with E-state index in [1.54, 1.807) is 12.4 Å². The van der Waals surface area contributed by atoms with Crippen molar-refractivity contribution >= 4 is 28.5 Å². The maximum Gasteiger partial charge on any atom is 0.222 e. The summed E-state index contributed by atoms with van der Waals surface area (Å²) < 4.78 is 6.41. The van der Waals surface area contributed by atoms with E-state index in [-0.39, 0.29) is 0 Å². The molecule has 1 aliphatic heterocycles. The molecule has 2 rings (SSSR count). The van der Waals surface area contributed by atoms with Crippen LogP contribution in [0.3, 0.4) is 0 Å². The number of ether oxygens (including phenoxy) is 1. The van der Waals surface area contributed by atoms with Gasteiger partial charge in [-0.1, -0.05) is 0 Å². The lowest BCUT2D eigenvalue weighted by Gasteiger charge is -2.22. The van der Waals surface area contributed by atoms with Gasteiger partial charge in [-0.3, -0.25) is 0 Å². The predicted octanol–water partition coefficient (Wildman–Crippen LogP) is 1.67. The molecule has 2 heterocycles. The van der Waals surface area contributed by atoms with Crippen LogP contribution in [0.1, 0.15) is 12.8 Å². The van der Waals surface area contributed by atoms with Crippen LogP contribution in [0.5, 0.6) is 0 Å². The second-order valence-electron chi connectivity index (χ2n) is 3.28. The third-order valence-corrected chi connectivity index (χ3v) is 2.67. The Labute approximate surface area is 96.6 Å². The van der Waals surface area contributed by atoms with E-state index in [1.807, 2.05) is 0 Å². The van der Waals surface area contributed by atoms with Crippen LogP contribution in [0, 0.1) is 3.57 Å². The molecule has 0 saturated carbocycles. The van der Waals surface area contributed by atoms with Gasteiger partial charge in [-0.25, -0.2) is 9.97 Å². The van der Waals surface area contributed by atoms with Crippen molar-refractivity contribution in [3.63, 3.8) is 0 Å². The minimum atomic E-state index is 0.365. The molecule has 1 N–H and O–H groups in total. The van der Waals surface area contributed by atoms with Gasteiger partial charge in [-0.05, 0) is 35.4 Å². The van der Waals surface area contributed by atoms with E-state index in [0.717, 1.165) is 29.6 Å². The topological polar surface area (TPSA) is 47.0 Å². The van der Waals surface area contributed by atoms with Crippen LogP contribution in [0.15, 0.2) is 12.4 Å². The summed E-state index contributed by atoms with van der Waals surface area (Å²) in [4.78, 5) is 8.37. The third-order valence-electron chi connectivity index (χ3n) is 2.11. The smallest absolute Gasteiger partial charge is 0.222 e. The molecule has 5 heteroatoms. The molecule has 14 heavy (non-hydrogen) atoms. The van der Waals surface area contributed by atoms with E-state index in [1.165, 1.54) is 0 Å².